The van der Waals surface area contributed by atoms with Crippen molar-refractivity contribution in [2.45, 2.75) is 26.4 Å². The summed E-state index contributed by atoms with van der Waals surface area (Å²) in [5.74, 6) is 5.53. The van der Waals surface area contributed by atoms with Gasteiger partial charge in [0.25, 0.3) is 0 Å². The molecule has 1 heterocycles. The SMILES string of the molecule is CC#C/C(C)=N\OCCN1CC[C@@H](OC(N)=O)C1. The van der Waals surface area contributed by atoms with Crippen LogP contribution in [0.2, 0.25) is 0 Å². The number of ether oxygens (including phenoxy) is 1. The molecule has 0 saturated carbocycles. The fourth-order valence-corrected chi connectivity index (χ4v) is 1.78. The largest absolute Gasteiger partial charge is 0.445 e. The van der Waals surface area contributed by atoms with Crippen LogP contribution in [0.4, 0.5) is 4.79 Å². The van der Waals surface area contributed by atoms with E-state index in [2.05, 4.69) is 21.9 Å². The first kappa shape index (κ1) is 14.3. The third kappa shape index (κ3) is 5.55. The van der Waals surface area contributed by atoms with Crippen LogP contribution < -0.4 is 5.73 Å². The van der Waals surface area contributed by atoms with Gasteiger partial charge in [-0.1, -0.05) is 11.1 Å². The number of primary amides is 1. The van der Waals surface area contributed by atoms with Crippen molar-refractivity contribution in [1.29, 1.82) is 0 Å². The van der Waals surface area contributed by atoms with Gasteiger partial charge in [0, 0.05) is 19.6 Å². The number of carbonyl (C=O) groups excluding carboxylic acids is 1. The first-order valence-electron chi connectivity index (χ1n) is 5.89. The molecule has 1 aliphatic heterocycles. The number of oxime groups is 1. The molecule has 1 aliphatic rings. The molecule has 1 amide bonds. The lowest BCUT2D eigenvalue weighted by Gasteiger charge is -2.14. The van der Waals surface area contributed by atoms with Gasteiger partial charge in [0.2, 0.25) is 0 Å². The monoisotopic (exact) mass is 253 g/mol. The van der Waals surface area contributed by atoms with Crippen LogP contribution in [-0.4, -0.2) is 49.0 Å². The molecule has 2 N–H and O–H groups in total. The third-order valence-corrected chi connectivity index (χ3v) is 2.52. The van der Waals surface area contributed by atoms with Crippen LogP contribution in [0.5, 0.6) is 0 Å². The zero-order valence-electron chi connectivity index (χ0n) is 10.8. The Labute approximate surface area is 107 Å². The van der Waals surface area contributed by atoms with Crippen molar-refractivity contribution < 1.29 is 14.4 Å². The van der Waals surface area contributed by atoms with Crippen molar-refractivity contribution in [3.8, 4) is 11.8 Å². The summed E-state index contributed by atoms with van der Waals surface area (Å²) in [6.45, 7) is 6.36. The minimum atomic E-state index is -0.712. The normalized spacial score (nSPS) is 20.1. The number of amides is 1. The lowest BCUT2D eigenvalue weighted by molar-refractivity contribution is 0.0961. The Morgan fingerprint density at radius 3 is 3.06 bits per heavy atom. The van der Waals surface area contributed by atoms with Crippen LogP contribution in [0.15, 0.2) is 5.16 Å². The molecule has 6 heteroatoms. The number of carbonyl (C=O) groups is 1. The Balaban J connectivity index is 2.16. The zero-order chi connectivity index (χ0) is 13.4. The maximum atomic E-state index is 10.6. The molecular formula is C12H19N3O3. The van der Waals surface area contributed by atoms with Crippen LogP contribution in [0.1, 0.15) is 20.3 Å². The molecular weight excluding hydrogens is 234 g/mol. The molecule has 100 valence electrons. The average molecular weight is 253 g/mol. The number of hydrogen-bond donors (Lipinski definition) is 1. The summed E-state index contributed by atoms with van der Waals surface area (Å²) in [7, 11) is 0. The summed E-state index contributed by atoms with van der Waals surface area (Å²) >= 11 is 0. The number of nitrogens with two attached hydrogens (primary N) is 1. The first-order chi connectivity index (χ1) is 8.61. The molecule has 6 nitrogen and oxygen atoms in total. The van der Waals surface area contributed by atoms with Gasteiger partial charge in [0.05, 0.1) is 0 Å². The minimum Gasteiger partial charge on any atom is -0.445 e. The van der Waals surface area contributed by atoms with Crippen molar-refractivity contribution in [3.05, 3.63) is 0 Å². The van der Waals surface area contributed by atoms with Gasteiger partial charge in [-0.3, -0.25) is 4.90 Å². The zero-order valence-corrected chi connectivity index (χ0v) is 10.8. The van der Waals surface area contributed by atoms with E-state index in [-0.39, 0.29) is 6.10 Å². The average Bonchev–Trinajstić information content (AvgIpc) is 2.71. The summed E-state index contributed by atoms with van der Waals surface area (Å²) in [5, 5.41) is 3.85. The maximum Gasteiger partial charge on any atom is 0.404 e. The highest BCUT2D eigenvalue weighted by Gasteiger charge is 2.24. The van der Waals surface area contributed by atoms with Crippen molar-refractivity contribution in [3.63, 3.8) is 0 Å². The van der Waals surface area contributed by atoms with E-state index in [9.17, 15) is 4.79 Å². The lowest BCUT2D eigenvalue weighted by atomic mass is 10.3. The fourth-order valence-electron chi connectivity index (χ4n) is 1.78. The lowest BCUT2D eigenvalue weighted by Crippen LogP contribution is -2.29. The molecule has 1 rings (SSSR count). The Morgan fingerprint density at radius 2 is 2.39 bits per heavy atom. The van der Waals surface area contributed by atoms with Crippen LogP contribution in [0.3, 0.4) is 0 Å². The standard InChI is InChI=1S/C12H19N3O3/c1-3-4-10(2)14-17-8-7-15-6-5-11(9-15)18-12(13)16/h11H,5-9H2,1-2H3,(H2,13,16)/b14-10-/t11-/m1/s1. The second-order valence-electron chi connectivity index (χ2n) is 4.03. The Morgan fingerprint density at radius 1 is 1.61 bits per heavy atom. The first-order valence-corrected chi connectivity index (χ1v) is 5.89. The van der Waals surface area contributed by atoms with E-state index in [0.29, 0.717) is 18.9 Å². The van der Waals surface area contributed by atoms with E-state index < -0.39 is 6.09 Å². The van der Waals surface area contributed by atoms with Crippen molar-refractivity contribution in [2.75, 3.05) is 26.2 Å². The van der Waals surface area contributed by atoms with Gasteiger partial charge >= 0.3 is 6.09 Å². The summed E-state index contributed by atoms with van der Waals surface area (Å²) in [5.41, 5.74) is 5.63. The summed E-state index contributed by atoms with van der Waals surface area (Å²) < 4.78 is 4.93. The van der Waals surface area contributed by atoms with Crippen LogP contribution >= 0.6 is 0 Å². The molecule has 0 unspecified atom stereocenters. The predicted octanol–water partition coefficient (Wildman–Crippen LogP) is 0.572. The highest BCUT2D eigenvalue weighted by molar-refractivity contribution is 5.97. The highest BCUT2D eigenvalue weighted by Crippen LogP contribution is 2.11. The summed E-state index contributed by atoms with van der Waals surface area (Å²) in [6, 6.07) is 0. The number of likely N-dealkylation sites (tertiary alicyclic amines) is 1. The molecule has 0 aliphatic carbocycles. The molecule has 1 atom stereocenters. The third-order valence-electron chi connectivity index (χ3n) is 2.52. The van der Waals surface area contributed by atoms with E-state index in [1.165, 1.54) is 0 Å². The van der Waals surface area contributed by atoms with E-state index in [1.807, 2.05) is 0 Å². The number of nitrogens with zero attached hydrogens (tertiary/aromatic N) is 2. The van der Waals surface area contributed by atoms with Gasteiger partial charge in [-0.05, 0) is 26.2 Å². The Bertz CT molecular complexity index is 370. The highest BCUT2D eigenvalue weighted by atomic mass is 16.6. The van der Waals surface area contributed by atoms with E-state index >= 15 is 0 Å². The van der Waals surface area contributed by atoms with Gasteiger partial charge in [0.1, 0.15) is 18.4 Å². The van der Waals surface area contributed by atoms with E-state index in [4.69, 9.17) is 15.3 Å². The molecule has 0 spiro atoms. The number of hydrogen-bond acceptors (Lipinski definition) is 5. The van der Waals surface area contributed by atoms with Crippen molar-refractivity contribution >= 4 is 11.8 Å². The molecule has 1 fully saturated rings. The van der Waals surface area contributed by atoms with Crippen LogP contribution in [0.25, 0.3) is 0 Å². The molecule has 1 saturated heterocycles. The second kappa shape index (κ2) is 7.56. The molecule has 18 heavy (non-hydrogen) atoms. The number of rotatable bonds is 5. The van der Waals surface area contributed by atoms with Crippen molar-refractivity contribution in [2.24, 2.45) is 10.9 Å². The molecule has 0 bridgehead atoms. The molecule has 0 aromatic rings. The Kier molecular flexibility index (Phi) is 6.01. The van der Waals surface area contributed by atoms with Gasteiger partial charge in [-0.25, -0.2) is 4.79 Å². The summed E-state index contributed by atoms with van der Waals surface area (Å²) in [6.07, 6.45) is 0.00201. The van der Waals surface area contributed by atoms with Gasteiger partial charge < -0.3 is 15.3 Å². The van der Waals surface area contributed by atoms with E-state index in [1.54, 1.807) is 13.8 Å². The maximum absolute atomic E-state index is 10.6. The van der Waals surface area contributed by atoms with Crippen LogP contribution in [0, 0.1) is 11.8 Å². The van der Waals surface area contributed by atoms with Crippen molar-refractivity contribution in [1.82, 2.24) is 4.90 Å². The molecule has 0 radical (unpaired) electrons. The fraction of sp³-hybridized carbons (Fsp3) is 0.667. The topological polar surface area (TPSA) is 77.2 Å². The second-order valence-corrected chi connectivity index (χ2v) is 4.03. The summed E-state index contributed by atoms with van der Waals surface area (Å²) in [4.78, 5) is 17.9. The minimum absolute atomic E-state index is 0.0984. The van der Waals surface area contributed by atoms with E-state index in [0.717, 1.165) is 19.5 Å². The van der Waals surface area contributed by atoms with Gasteiger partial charge in [0.15, 0.2) is 0 Å². The van der Waals surface area contributed by atoms with Gasteiger partial charge in [-0.15, -0.1) is 0 Å². The quantitative estimate of drug-likeness (QED) is 0.336. The van der Waals surface area contributed by atoms with Crippen LogP contribution in [-0.2, 0) is 9.57 Å². The van der Waals surface area contributed by atoms with Gasteiger partial charge in [-0.2, -0.15) is 0 Å². The Hall–Kier alpha value is -1.74. The predicted molar refractivity (Wildman–Crippen MR) is 68.0 cm³/mol. The smallest absolute Gasteiger partial charge is 0.404 e. The molecule has 0 aromatic heterocycles. The molecule has 0 aromatic carbocycles.